The van der Waals surface area contributed by atoms with Crippen LogP contribution in [0.5, 0.6) is 0 Å². The van der Waals surface area contributed by atoms with E-state index in [1.54, 1.807) is 12.7 Å². The van der Waals surface area contributed by atoms with Crippen LogP contribution in [0.2, 0.25) is 0 Å². The van der Waals surface area contributed by atoms with Crippen LogP contribution in [-0.4, -0.2) is 62.7 Å². The molecule has 1 unspecified atom stereocenters. The van der Waals surface area contributed by atoms with Gasteiger partial charge in [-0.25, -0.2) is 4.98 Å². The van der Waals surface area contributed by atoms with E-state index in [1.165, 1.54) is 38.5 Å². The quantitative estimate of drug-likeness (QED) is 0.828. The van der Waals surface area contributed by atoms with Crippen molar-refractivity contribution in [2.45, 2.75) is 57.5 Å². The van der Waals surface area contributed by atoms with Gasteiger partial charge in [-0.2, -0.15) is 5.10 Å². The van der Waals surface area contributed by atoms with E-state index in [9.17, 15) is 4.79 Å². The molecule has 0 N–H and O–H groups in total. The number of nitrogens with zero attached hydrogens (tertiary/aromatic N) is 5. The van der Waals surface area contributed by atoms with Crippen LogP contribution >= 0.6 is 0 Å². The predicted octanol–water partition coefficient (Wildman–Crippen LogP) is 1.54. The zero-order valence-electron chi connectivity index (χ0n) is 13.4. The number of carbonyl (C=O) groups is 1. The smallest absolute Gasteiger partial charge is 0.223 e. The molecular formula is C16H27N5O. The summed E-state index contributed by atoms with van der Waals surface area (Å²) in [6.07, 6.45) is 11.4. The summed E-state index contributed by atoms with van der Waals surface area (Å²) in [5.41, 5.74) is 0. The Kier molecular flexibility index (Phi) is 5.43. The zero-order valence-corrected chi connectivity index (χ0v) is 13.4. The third-order valence-electron chi connectivity index (χ3n) is 4.94. The second-order valence-electron chi connectivity index (χ2n) is 6.49. The Morgan fingerprint density at radius 2 is 1.91 bits per heavy atom. The molecule has 1 amide bonds. The monoisotopic (exact) mass is 305 g/mol. The van der Waals surface area contributed by atoms with E-state index >= 15 is 0 Å². The maximum atomic E-state index is 12.3. The highest BCUT2D eigenvalue weighted by molar-refractivity contribution is 5.76. The molecule has 0 saturated carbocycles. The van der Waals surface area contributed by atoms with Gasteiger partial charge in [0.05, 0.1) is 6.54 Å². The summed E-state index contributed by atoms with van der Waals surface area (Å²) in [4.78, 5) is 20.9. The maximum Gasteiger partial charge on any atom is 0.223 e. The molecule has 2 fully saturated rings. The summed E-state index contributed by atoms with van der Waals surface area (Å²) >= 11 is 0. The fraction of sp³-hybridized carbons (Fsp3) is 0.812. The van der Waals surface area contributed by atoms with Crippen LogP contribution in [0.25, 0.3) is 0 Å². The SMILES string of the molecule is O=C(CCN1CCCCC1Cn1cncn1)N1CCCCC1. The molecule has 3 rings (SSSR count). The number of hydrogen-bond donors (Lipinski definition) is 0. The van der Waals surface area contributed by atoms with Crippen molar-refractivity contribution in [2.75, 3.05) is 26.2 Å². The number of amides is 1. The largest absolute Gasteiger partial charge is 0.343 e. The molecule has 0 bridgehead atoms. The molecule has 22 heavy (non-hydrogen) atoms. The van der Waals surface area contributed by atoms with E-state index in [0.717, 1.165) is 32.7 Å². The number of carbonyl (C=O) groups excluding carboxylic acids is 1. The van der Waals surface area contributed by atoms with Gasteiger partial charge >= 0.3 is 0 Å². The minimum atomic E-state index is 0.338. The van der Waals surface area contributed by atoms with Gasteiger partial charge in [0, 0.05) is 32.1 Å². The lowest BCUT2D eigenvalue weighted by molar-refractivity contribution is -0.132. The standard InChI is InChI=1S/C16H27N5O/c22-16(20-9-3-1-4-10-20)7-11-19-8-5-2-6-15(19)12-21-14-17-13-18-21/h13-15H,1-12H2. The van der Waals surface area contributed by atoms with Crippen LogP contribution in [-0.2, 0) is 11.3 Å². The molecule has 0 aliphatic carbocycles. The highest BCUT2D eigenvalue weighted by Crippen LogP contribution is 2.19. The first-order chi connectivity index (χ1) is 10.8. The van der Waals surface area contributed by atoms with Crippen molar-refractivity contribution in [3.05, 3.63) is 12.7 Å². The Balaban J connectivity index is 1.49. The molecule has 1 atom stereocenters. The molecule has 0 radical (unpaired) electrons. The molecule has 1 aromatic heterocycles. The zero-order chi connectivity index (χ0) is 15.2. The molecule has 1 aromatic rings. The Morgan fingerprint density at radius 3 is 2.68 bits per heavy atom. The van der Waals surface area contributed by atoms with Gasteiger partial charge in [0.25, 0.3) is 0 Å². The van der Waals surface area contributed by atoms with Gasteiger partial charge in [-0.05, 0) is 38.6 Å². The van der Waals surface area contributed by atoms with Crippen LogP contribution < -0.4 is 0 Å². The maximum absolute atomic E-state index is 12.3. The van der Waals surface area contributed by atoms with Crippen LogP contribution in [0.4, 0.5) is 0 Å². The second kappa shape index (κ2) is 7.72. The van der Waals surface area contributed by atoms with Crippen LogP contribution in [0.3, 0.4) is 0 Å². The average Bonchev–Trinajstić information content (AvgIpc) is 3.07. The number of hydrogen-bond acceptors (Lipinski definition) is 4. The van der Waals surface area contributed by atoms with Gasteiger partial charge in [0.15, 0.2) is 0 Å². The Hall–Kier alpha value is -1.43. The lowest BCUT2D eigenvalue weighted by Crippen LogP contribution is -2.44. The molecule has 0 aromatic carbocycles. The van der Waals surface area contributed by atoms with E-state index in [2.05, 4.69) is 19.9 Å². The molecule has 122 valence electrons. The lowest BCUT2D eigenvalue weighted by Gasteiger charge is -2.36. The fourth-order valence-corrected chi connectivity index (χ4v) is 3.64. The van der Waals surface area contributed by atoms with Crippen molar-refractivity contribution in [3.8, 4) is 0 Å². The van der Waals surface area contributed by atoms with E-state index in [1.807, 2.05) is 4.68 Å². The first-order valence-electron chi connectivity index (χ1n) is 8.67. The fourth-order valence-electron chi connectivity index (χ4n) is 3.64. The Labute approximate surface area is 132 Å². The van der Waals surface area contributed by atoms with Gasteiger partial charge in [-0.3, -0.25) is 14.4 Å². The minimum Gasteiger partial charge on any atom is -0.343 e. The number of piperidine rings is 2. The summed E-state index contributed by atoms with van der Waals surface area (Å²) in [5.74, 6) is 0.338. The van der Waals surface area contributed by atoms with Gasteiger partial charge in [0.1, 0.15) is 12.7 Å². The van der Waals surface area contributed by atoms with Gasteiger partial charge in [-0.1, -0.05) is 6.42 Å². The summed E-state index contributed by atoms with van der Waals surface area (Å²) < 4.78 is 1.91. The third-order valence-corrected chi connectivity index (χ3v) is 4.94. The first kappa shape index (κ1) is 15.5. The molecule has 2 aliphatic heterocycles. The average molecular weight is 305 g/mol. The lowest BCUT2D eigenvalue weighted by atomic mass is 10.0. The number of likely N-dealkylation sites (tertiary alicyclic amines) is 2. The second-order valence-corrected chi connectivity index (χ2v) is 6.49. The van der Waals surface area contributed by atoms with Gasteiger partial charge < -0.3 is 4.90 Å². The van der Waals surface area contributed by atoms with Crippen molar-refractivity contribution < 1.29 is 4.79 Å². The topological polar surface area (TPSA) is 54.3 Å². The molecular weight excluding hydrogens is 278 g/mol. The predicted molar refractivity (Wildman–Crippen MR) is 84.3 cm³/mol. The summed E-state index contributed by atoms with van der Waals surface area (Å²) in [7, 11) is 0. The van der Waals surface area contributed by atoms with E-state index in [-0.39, 0.29) is 0 Å². The van der Waals surface area contributed by atoms with Crippen LogP contribution in [0.1, 0.15) is 44.9 Å². The molecule has 2 saturated heterocycles. The van der Waals surface area contributed by atoms with E-state index < -0.39 is 0 Å². The number of rotatable bonds is 5. The van der Waals surface area contributed by atoms with Crippen molar-refractivity contribution in [1.82, 2.24) is 24.6 Å². The molecule has 2 aliphatic rings. The highest BCUT2D eigenvalue weighted by Gasteiger charge is 2.24. The van der Waals surface area contributed by atoms with Crippen molar-refractivity contribution >= 4 is 5.91 Å². The Morgan fingerprint density at radius 1 is 1.09 bits per heavy atom. The molecule has 6 heteroatoms. The van der Waals surface area contributed by atoms with Crippen molar-refractivity contribution in [3.63, 3.8) is 0 Å². The number of aromatic nitrogens is 3. The minimum absolute atomic E-state index is 0.338. The van der Waals surface area contributed by atoms with Gasteiger partial charge in [0.2, 0.25) is 5.91 Å². The molecule has 3 heterocycles. The molecule has 0 spiro atoms. The van der Waals surface area contributed by atoms with Crippen LogP contribution in [0, 0.1) is 0 Å². The normalized spacial score (nSPS) is 23.6. The van der Waals surface area contributed by atoms with Crippen molar-refractivity contribution in [1.29, 1.82) is 0 Å². The third kappa shape index (κ3) is 4.06. The van der Waals surface area contributed by atoms with Crippen molar-refractivity contribution in [2.24, 2.45) is 0 Å². The van der Waals surface area contributed by atoms with Gasteiger partial charge in [-0.15, -0.1) is 0 Å². The molecule has 6 nitrogen and oxygen atoms in total. The van der Waals surface area contributed by atoms with E-state index in [4.69, 9.17) is 0 Å². The summed E-state index contributed by atoms with van der Waals surface area (Å²) in [5, 5.41) is 4.22. The summed E-state index contributed by atoms with van der Waals surface area (Å²) in [6.45, 7) is 4.79. The summed E-state index contributed by atoms with van der Waals surface area (Å²) in [6, 6.07) is 0.490. The highest BCUT2D eigenvalue weighted by atomic mass is 16.2. The first-order valence-corrected chi connectivity index (χ1v) is 8.67. The Bertz CT molecular complexity index is 455. The van der Waals surface area contributed by atoms with Crippen LogP contribution in [0.15, 0.2) is 12.7 Å². The van der Waals surface area contributed by atoms with E-state index in [0.29, 0.717) is 18.4 Å².